The number of morpholine rings is 1. The van der Waals surface area contributed by atoms with Crippen LogP contribution in [0.15, 0.2) is 22.8 Å². The van der Waals surface area contributed by atoms with Gasteiger partial charge in [-0.25, -0.2) is 8.42 Å². The summed E-state index contributed by atoms with van der Waals surface area (Å²) in [5.74, 6) is -1.38. The summed E-state index contributed by atoms with van der Waals surface area (Å²) < 4.78 is 34.6. The fourth-order valence-corrected chi connectivity index (χ4v) is 3.05. The van der Waals surface area contributed by atoms with E-state index >= 15 is 0 Å². The number of carbonyl (C=O) groups excluding carboxylic acids is 1. The minimum atomic E-state index is -3.69. The molecule has 1 fully saturated rings. The van der Waals surface area contributed by atoms with Crippen molar-refractivity contribution < 1.29 is 32.3 Å². The Morgan fingerprint density at radius 1 is 1.48 bits per heavy atom. The maximum Gasteiger partial charge on any atom is 0.318 e. The molecule has 1 saturated heterocycles. The van der Waals surface area contributed by atoms with Gasteiger partial charge in [-0.05, 0) is 12.1 Å². The third kappa shape index (κ3) is 4.78. The zero-order chi connectivity index (χ0) is 17.0. The molecule has 2 heterocycles. The third-order valence-corrected chi connectivity index (χ3v) is 4.56. The average molecular weight is 346 g/mol. The predicted octanol–water partition coefficient (Wildman–Crippen LogP) is -0.533. The first kappa shape index (κ1) is 17.4. The van der Waals surface area contributed by atoms with Crippen LogP contribution in [-0.2, 0) is 19.6 Å². The molecular formula is C13H18N2O7S. The van der Waals surface area contributed by atoms with E-state index in [-0.39, 0.29) is 31.4 Å². The van der Waals surface area contributed by atoms with Gasteiger partial charge in [-0.15, -0.1) is 0 Å². The van der Waals surface area contributed by atoms with Gasteiger partial charge >= 0.3 is 5.97 Å². The van der Waals surface area contributed by atoms with Crippen LogP contribution in [0.1, 0.15) is 10.6 Å². The van der Waals surface area contributed by atoms with Crippen LogP contribution in [-0.4, -0.2) is 79.8 Å². The first-order chi connectivity index (χ1) is 10.8. The number of carboxylic acids is 1. The molecule has 1 aromatic rings. The molecule has 2 rings (SSSR count). The Hall–Kier alpha value is -1.91. The highest BCUT2D eigenvalue weighted by atomic mass is 32.2. The number of ether oxygens (including phenoxy) is 1. The second kappa shape index (κ2) is 7.11. The standard InChI is InChI=1S/C13H18N2O7S/c1-23(19,20)15(9-12(16)17)8-10-7-14(4-6-21-10)13(18)11-3-2-5-22-11/h2-3,5,10H,4,6-9H2,1H3,(H,16,17)/t10-/m1/s1. The number of carbonyl (C=O) groups is 2. The van der Waals surface area contributed by atoms with Crippen LogP contribution >= 0.6 is 0 Å². The van der Waals surface area contributed by atoms with E-state index in [1.54, 1.807) is 12.1 Å². The highest BCUT2D eigenvalue weighted by molar-refractivity contribution is 7.88. The van der Waals surface area contributed by atoms with Crippen LogP contribution in [0.2, 0.25) is 0 Å². The van der Waals surface area contributed by atoms with E-state index < -0.39 is 28.6 Å². The van der Waals surface area contributed by atoms with Crippen molar-refractivity contribution in [2.75, 3.05) is 39.0 Å². The molecule has 0 spiro atoms. The van der Waals surface area contributed by atoms with Gasteiger partial charge in [-0.3, -0.25) is 9.59 Å². The number of furan rings is 1. The van der Waals surface area contributed by atoms with E-state index in [1.807, 2.05) is 0 Å². The van der Waals surface area contributed by atoms with Crippen LogP contribution in [0.4, 0.5) is 0 Å². The van der Waals surface area contributed by atoms with Crippen molar-refractivity contribution in [1.29, 1.82) is 0 Å². The highest BCUT2D eigenvalue weighted by Crippen LogP contribution is 2.13. The van der Waals surface area contributed by atoms with Gasteiger partial charge in [0.05, 0.1) is 25.2 Å². The van der Waals surface area contributed by atoms with Crippen molar-refractivity contribution in [1.82, 2.24) is 9.21 Å². The van der Waals surface area contributed by atoms with Crippen molar-refractivity contribution in [3.63, 3.8) is 0 Å². The Bertz CT molecular complexity index is 656. The molecule has 0 bridgehead atoms. The molecule has 1 N–H and O–H groups in total. The Balaban J connectivity index is 2.02. The Morgan fingerprint density at radius 3 is 2.78 bits per heavy atom. The minimum Gasteiger partial charge on any atom is -0.480 e. The molecule has 0 aromatic carbocycles. The smallest absolute Gasteiger partial charge is 0.318 e. The van der Waals surface area contributed by atoms with Gasteiger partial charge in [-0.2, -0.15) is 4.31 Å². The zero-order valence-electron chi connectivity index (χ0n) is 12.5. The van der Waals surface area contributed by atoms with Crippen LogP contribution in [0, 0.1) is 0 Å². The SMILES string of the molecule is CS(=O)(=O)N(CC(=O)O)C[C@H]1CN(C(=O)c2ccco2)CCO1. The topological polar surface area (TPSA) is 117 Å². The molecule has 9 nitrogen and oxygen atoms in total. The molecule has 1 aromatic heterocycles. The molecule has 1 amide bonds. The third-order valence-electron chi connectivity index (χ3n) is 3.35. The lowest BCUT2D eigenvalue weighted by molar-refractivity contribution is -0.137. The molecule has 0 saturated carbocycles. The molecule has 0 aliphatic carbocycles. The fraction of sp³-hybridized carbons (Fsp3) is 0.538. The Morgan fingerprint density at radius 2 is 2.22 bits per heavy atom. The quantitative estimate of drug-likeness (QED) is 0.735. The van der Waals surface area contributed by atoms with Crippen molar-refractivity contribution >= 4 is 21.9 Å². The number of nitrogens with zero attached hydrogens (tertiary/aromatic N) is 2. The summed E-state index contributed by atoms with van der Waals surface area (Å²) in [5.41, 5.74) is 0. The van der Waals surface area contributed by atoms with Crippen LogP contribution in [0.5, 0.6) is 0 Å². The van der Waals surface area contributed by atoms with E-state index in [0.717, 1.165) is 10.6 Å². The van der Waals surface area contributed by atoms with Crippen LogP contribution in [0.25, 0.3) is 0 Å². The van der Waals surface area contributed by atoms with Gasteiger partial charge in [-0.1, -0.05) is 0 Å². The molecule has 1 aliphatic rings. The monoisotopic (exact) mass is 346 g/mol. The lowest BCUT2D eigenvalue weighted by Crippen LogP contribution is -2.51. The summed E-state index contributed by atoms with van der Waals surface area (Å²) in [5, 5.41) is 8.82. The highest BCUT2D eigenvalue weighted by Gasteiger charge is 2.30. The number of carboxylic acid groups (broad SMARTS) is 1. The predicted molar refractivity (Wildman–Crippen MR) is 78.4 cm³/mol. The second-order valence-electron chi connectivity index (χ2n) is 5.17. The van der Waals surface area contributed by atoms with Gasteiger partial charge in [0.25, 0.3) is 5.91 Å². The Kier molecular flexibility index (Phi) is 5.39. The van der Waals surface area contributed by atoms with E-state index in [0.29, 0.717) is 6.54 Å². The Labute approximate surface area is 133 Å². The van der Waals surface area contributed by atoms with Crippen molar-refractivity contribution in [2.45, 2.75) is 6.10 Å². The van der Waals surface area contributed by atoms with Crippen molar-refractivity contribution in [3.05, 3.63) is 24.2 Å². The van der Waals surface area contributed by atoms with E-state index in [9.17, 15) is 18.0 Å². The van der Waals surface area contributed by atoms with Gasteiger partial charge in [0.1, 0.15) is 6.54 Å². The molecule has 0 radical (unpaired) electrons. The number of sulfonamides is 1. The molecule has 1 aliphatic heterocycles. The van der Waals surface area contributed by atoms with E-state index in [2.05, 4.69) is 0 Å². The largest absolute Gasteiger partial charge is 0.480 e. The molecule has 1 atom stereocenters. The van der Waals surface area contributed by atoms with Crippen molar-refractivity contribution in [3.8, 4) is 0 Å². The first-order valence-electron chi connectivity index (χ1n) is 6.88. The number of hydrogen-bond donors (Lipinski definition) is 1. The summed E-state index contributed by atoms with van der Waals surface area (Å²) in [6.07, 6.45) is 1.73. The summed E-state index contributed by atoms with van der Waals surface area (Å²) in [7, 11) is -3.69. The van der Waals surface area contributed by atoms with Gasteiger partial charge in [0.15, 0.2) is 5.76 Å². The van der Waals surface area contributed by atoms with Gasteiger partial charge in [0, 0.05) is 19.6 Å². The molecule has 10 heteroatoms. The maximum atomic E-state index is 12.2. The first-order valence-corrected chi connectivity index (χ1v) is 8.73. The number of rotatable bonds is 6. The zero-order valence-corrected chi connectivity index (χ0v) is 13.4. The lowest BCUT2D eigenvalue weighted by Gasteiger charge is -2.34. The summed E-state index contributed by atoms with van der Waals surface area (Å²) >= 11 is 0. The number of hydrogen-bond acceptors (Lipinski definition) is 6. The number of aliphatic carboxylic acids is 1. The molecular weight excluding hydrogens is 328 g/mol. The second-order valence-corrected chi connectivity index (χ2v) is 7.15. The molecule has 128 valence electrons. The van der Waals surface area contributed by atoms with Gasteiger partial charge < -0.3 is 19.2 Å². The number of amides is 1. The normalized spacial score (nSPS) is 19.0. The lowest BCUT2D eigenvalue weighted by atomic mass is 10.2. The van der Waals surface area contributed by atoms with E-state index in [1.165, 1.54) is 11.2 Å². The van der Waals surface area contributed by atoms with Crippen LogP contribution < -0.4 is 0 Å². The molecule has 0 unspecified atom stereocenters. The molecule has 23 heavy (non-hydrogen) atoms. The van der Waals surface area contributed by atoms with Gasteiger partial charge in [0.2, 0.25) is 10.0 Å². The van der Waals surface area contributed by atoms with Crippen LogP contribution in [0.3, 0.4) is 0 Å². The average Bonchev–Trinajstić information content (AvgIpc) is 2.99. The fourth-order valence-electron chi connectivity index (χ4n) is 2.27. The summed E-state index contributed by atoms with van der Waals surface area (Å²) in [6, 6.07) is 3.14. The van der Waals surface area contributed by atoms with E-state index in [4.69, 9.17) is 14.3 Å². The van der Waals surface area contributed by atoms with Crippen molar-refractivity contribution in [2.24, 2.45) is 0 Å². The summed E-state index contributed by atoms with van der Waals surface area (Å²) in [6.45, 7) is -0.0291. The minimum absolute atomic E-state index is 0.132. The maximum absolute atomic E-state index is 12.2. The summed E-state index contributed by atoms with van der Waals surface area (Å²) in [4.78, 5) is 24.5.